The average molecular weight is 428 g/mol. The van der Waals surface area contributed by atoms with Crippen LogP contribution in [0.2, 0.25) is 0 Å². The van der Waals surface area contributed by atoms with Crippen LogP contribution < -0.4 is 10.5 Å². The van der Waals surface area contributed by atoms with Crippen molar-refractivity contribution >= 4 is 17.8 Å². The molecular weight excluding hydrogens is 406 g/mol. The van der Waals surface area contributed by atoms with Crippen LogP contribution >= 0.6 is 0 Å². The van der Waals surface area contributed by atoms with Gasteiger partial charge < -0.3 is 10.5 Å². The van der Waals surface area contributed by atoms with Crippen molar-refractivity contribution in [1.29, 1.82) is 10.5 Å². The van der Waals surface area contributed by atoms with Crippen molar-refractivity contribution in [2.45, 2.75) is 0 Å². The summed E-state index contributed by atoms with van der Waals surface area (Å²) in [7, 11) is 1.65. The standard InChI is InChI=1S/C29H21N3O/c1-33-24-15-11-21(12-16-24)8-7-20-9-13-23(14-10-20)26-17-25(22-5-3-2-4-6-22)27(18-30)29(32)28(26)19-31/h2-17H,32H2,1H3/b8-7+. The summed E-state index contributed by atoms with van der Waals surface area (Å²) < 4.78 is 5.19. The molecule has 4 aromatic carbocycles. The first kappa shape index (κ1) is 21.4. The van der Waals surface area contributed by atoms with E-state index in [0.717, 1.165) is 28.0 Å². The Morgan fingerprint density at radius 1 is 0.697 bits per heavy atom. The van der Waals surface area contributed by atoms with Gasteiger partial charge in [-0.15, -0.1) is 0 Å². The fourth-order valence-corrected chi connectivity index (χ4v) is 3.70. The number of ether oxygens (including phenoxy) is 1. The number of benzene rings is 4. The molecule has 0 unspecified atom stereocenters. The number of nitrogens with zero attached hydrogens (tertiary/aromatic N) is 2. The summed E-state index contributed by atoms with van der Waals surface area (Å²) in [6.45, 7) is 0. The minimum atomic E-state index is 0.208. The number of nitriles is 2. The van der Waals surface area contributed by atoms with Crippen LogP contribution in [-0.2, 0) is 0 Å². The third-order valence-corrected chi connectivity index (χ3v) is 5.48. The summed E-state index contributed by atoms with van der Waals surface area (Å²) in [6.07, 6.45) is 4.06. The van der Waals surface area contributed by atoms with Crippen LogP contribution in [0.15, 0.2) is 84.9 Å². The van der Waals surface area contributed by atoms with Gasteiger partial charge in [-0.3, -0.25) is 0 Å². The maximum atomic E-state index is 9.78. The van der Waals surface area contributed by atoms with E-state index in [4.69, 9.17) is 10.5 Å². The number of hydrogen-bond donors (Lipinski definition) is 1. The Kier molecular flexibility index (Phi) is 6.21. The monoisotopic (exact) mass is 427 g/mol. The molecule has 0 saturated carbocycles. The molecule has 4 nitrogen and oxygen atoms in total. The first-order valence-corrected chi connectivity index (χ1v) is 10.4. The predicted octanol–water partition coefficient (Wildman–Crippen LogP) is 6.53. The predicted molar refractivity (Wildman–Crippen MR) is 133 cm³/mol. The summed E-state index contributed by atoms with van der Waals surface area (Å²) in [6, 6.07) is 31.6. The molecule has 0 fully saturated rings. The van der Waals surface area contributed by atoms with Gasteiger partial charge in [-0.1, -0.05) is 78.9 Å². The topological polar surface area (TPSA) is 82.8 Å². The van der Waals surface area contributed by atoms with Crippen LogP contribution in [0.3, 0.4) is 0 Å². The van der Waals surface area contributed by atoms with Gasteiger partial charge in [0.25, 0.3) is 0 Å². The van der Waals surface area contributed by atoms with E-state index in [9.17, 15) is 10.5 Å². The zero-order chi connectivity index (χ0) is 23.2. The van der Waals surface area contributed by atoms with Gasteiger partial charge in [0.05, 0.1) is 23.9 Å². The van der Waals surface area contributed by atoms with Crippen molar-refractivity contribution in [1.82, 2.24) is 0 Å². The molecule has 0 atom stereocenters. The molecule has 33 heavy (non-hydrogen) atoms. The molecule has 0 bridgehead atoms. The molecule has 0 radical (unpaired) electrons. The molecule has 0 aliphatic heterocycles. The van der Waals surface area contributed by atoms with Crippen LogP contribution in [0.5, 0.6) is 5.75 Å². The van der Waals surface area contributed by atoms with Gasteiger partial charge in [0, 0.05) is 11.1 Å². The van der Waals surface area contributed by atoms with E-state index < -0.39 is 0 Å². The Labute approximate surface area is 193 Å². The van der Waals surface area contributed by atoms with Crippen LogP contribution in [0.4, 0.5) is 5.69 Å². The molecule has 0 aromatic heterocycles. The quantitative estimate of drug-likeness (QED) is 0.290. The molecule has 2 N–H and O–H groups in total. The van der Waals surface area contributed by atoms with E-state index in [2.05, 4.69) is 12.1 Å². The highest BCUT2D eigenvalue weighted by atomic mass is 16.5. The van der Waals surface area contributed by atoms with Crippen molar-refractivity contribution in [2.24, 2.45) is 0 Å². The van der Waals surface area contributed by atoms with E-state index in [1.165, 1.54) is 0 Å². The van der Waals surface area contributed by atoms with E-state index in [1.54, 1.807) is 7.11 Å². The molecule has 158 valence electrons. The first-order valence-electron chi connectivity index (χ1n) is 10.4. The summed E-state index contributed by atoms with van der Waals surface area (Å²) in [5.41, 5.74) is 12.4. The number of nitrogens with two attached hydrogens (primary N) is 1. The normalized spacial score (nSPS) is 10.5. The van der Waals surface area contributed by atoms with Gasteiger partial charge in [-0.25, -0.2) is 0 Å². The van der Waals surface area contributed by atoms with Gasteiger partial charge in [-0.2, -0.15) is 10.5 Å². The SMILES string of the molecule is COc1ccc(/C=C/c2ccc(-c3cc(-c4ccccc4)c(C#N)c(N)c3C#N)cc2)cc1. The fourth-order valence-electron chi connectivity index (χ4n) is 3.70. The van der Waals surface area contributed by atoms with Crippen LogP contribution in [0.1, 0.15) is 22.3 Å². The second-order valence-corrected chi connectivity index (χ2v) is 7.45. The van der Waals surface area contributed by atoms with Gasteiger partial charge in [0.1, 0.15) is 17.9 Å². The highest BCUT2D eigenvalue weighted by Gasteiger charge is 2.18. The maximum Gasteiger partial charge on any atom is 0.118 e. The van der Waals surface area contributed by atoms with Crippen LogP contribution in [-0.4, -0.2) is 7.11 Å². The Morgan fingerprint density at radius 2 is 1.18 bits per heavy atom. The number of anilines is 1. The second kappa shape index (κ2) is 9.56. The first-order chi connectivity index (χ1) is 16.1. The van der Waals surface area contributed by atoms with Crippen molar-refractivity contribution in [3.05, 3.63) is 107 Å². The number of rotatable bonds is 5. The molecular formula is C29H21N3O. The molecule has 0 aliphatic rings. The maximum absolute atomic E-state index is 9.78. The summed E-state index contributed by atoms with van der Waals surface area (Å²) in [5.74, 6) is 0.821. The molecule has 4 rings (SSSR count). The van der Waals surface area contributed by atoms with Gasteiger partial charge in [-0.05, 0) is 40.5 Å². The lowest BCUT2D eigenvalue weighted by Crippen LogP contribution is -2.00. The van der Waals surface area contributed by atoms with Gasteiger partial charge in [0.2, 0.25) is 0 Å². The molecule has 4 aromatic rings. The number of nitrogen functional groups attached to an aromatic ring is 1. The highest BCUT2D eigenvalue weighted by Crippen LogP contribution is 2.37. The smallest absolute Gasteiger partial charge is 0.118 e. The zero-order valence-corrected chi connectivity index (χ0v) is 18.1. The zero-order valence-electron chi connectivity index (χ0n) is 18.1. The second-order valence-electron chi connectivity index (χ2n) is 7.45. The van der Waals surface area contributed by atoms with Crippen LogP contribution in [0.25, 0.3) is 34.4 Å². The van der Waals surface area contributed by atoms with Crippen LogP contribution in [0, 0.1) is 22.7 Å². The third kappa shape index (κ3) is 4.46. The van der Waals surface area contributed by atoms with E-state index in [1.807, 2.05) is 97.1 Å². The Hall–Kier alpha value is -4.80. The number of methoxy groups -OCH3 is 1. The lowest BCUT2D eigenvalue weighted by Gasteiger charge is -2.14. The summed E-state index contributed by atoms with van der Waals surface area (Å²) >= 11 is 0. The average Bonchev–Trinajstić information content (AvgIpc) is 2.88. The van der Waals surface area contributed by atoms with Crippen molar-refractivity contribution in [3.63, 3.8) is 0 Å². The van der Waals surface area contributed by atoms with Crippen molar-refractivity contribution < 1.29 is 4.74 Å². The Balaban J connectivity index is 1.71. The van der Waals surface area contributed by atoms with Crippen molar-refractivity contribution in [2.75, 3.05) is 12.8 Å². The van der Waals surface area contributed by atoms with Gasteiger partial charge in [0.15, 0.2) is 0 Å². The molecule has 0 heterocycles. The van der Waals surface area contributed by atoms with Gasteiger partial charge >= 0.3 is 0 Å². The Bertz CT molecular complexity index is 1390. The molecule has 0 saturated heterocycles. The molecule has 0 spiro atoms. The fraction of sp³-hybridized carbons (Fsp3) is 0.0345. The lowest BCUT2D eigenvalue weighted by molar-refractivity contribution is 0.415. The van der Waals surface area contributed by atoms with E-state index in [0.29, 0.717) is 22.3 Å². The minimum Gasteiger partial charge on any atom is -0.497 e. The summed E-state index contributed by atoms with van der Waals surface area (Å²) in [4.78, 5) is 0. The largest absolute Gasteiger partial charge is 0.497 e. The molecule has 0 amide bonds. The van der Waals surface area contributed by atoms with E-state index >= 15 is 0 Å². The third-order valence-electron chi connectivity index (χ3n) is 5.48. The van der Waals surface area contributed by atoms with E-state index in [-0.39, 0.29) is 5.69 Å². The summed E-state index contributed by atoms with van der Waals surface area (Å²) in [5, 5.41) is 19.5. The minimum absolute atomic E-state index is 0.208. The molecule has 4 heteroatoms. The lowest BCUT2D eigenvalue weighted by atomic mass is 9.89. The van der Waals surface area contributed by atoms with Crippen molar-refractivity contribution in [3.8, 4) is 40.1 Å². The Morgan fingerprint density at radius 3 is 1.67 bits per heavy atom. The highest BCUT2D eigenvalue weighted by molar-refractivity contribution is 5.89. The molecule has 0 aliphatic carbocycles. The number of hydrogen-bond acceptors (Lipinski definition) is 4.